The zero-order valence-corrected chi connectivity index (χ0v) is 21.2. The Balaban J connectivity index is 1.59. The number of benzene rings is 3. The van der Waals surface area contributed by atoms with Crippen LogP contribution < -0.4 is 0 Å². The molecule has 0 unspecified atom stereocenters. The Morgan fingerprint density at radius 2 is 1.19 bits per heavy atom. The highest BCUT2D eigenvalue weighted by molar-refractivity contribution is 5.32. The third-order valence-electron chi connectivity index (χ3n) is 6.64. The number of aliphatic hydroxyl groups is 1. The molecule has 0 aromatic heterocycles. The van der Waals surface area contributed by atoms with Gasteiger partial charge in [0.05, 0.1) is 26.4 Å². The first-order valence-corrected chi connectivity index (χ1v) is 12.4. The molecule has 4 rings (SSSR count). The topological polar surface area (TPSA) is 66.4 Å². The van der Waals surface area contributed by atoms with Gasteiger partial charge in [0.1, 0.15) is 24.4 Å². The number of aliphatic hydroxyl groups excluding tert-OH is 1. The molecule has 0 aliphatic carbocycles. The molecule has 6 heteroatoms. The monoisotopic (exact) mass is 492 g/mol. The lowest BCUT2D eigenvalue weighted by Crippen LogP contribution is -2.61. The summed E-state index contributed by atoms with van der Waals surface area (Å²) in [5, 5.41) is 10.2. The van der Waals surface area contributed by atoms with Gasteiger partial charge >= 0.3 is 0 Å². The fraction of sp³-hybridized carbons (Fsp3) is 0.400. The van der Waals surface area contributed by atoms with Crippen LogP contribution in [0, 0.1) is 13.8 Å². The molecule has 5 atom stereocenters. The molecule has 0 amide bonds. The van der Waals surface area contributed by atoms with Crippen LogP contribution in [0.4, 0.5) is 0 Å². The van der Waals surface area contributed by atoms with E-state index in [0.717, 1.165) is 27.8 Å². The van der Waals surface area contributed by atoms with Crippen molar-refractivity contribution in [2.75, 3.05) is 13.7 Å². The van der Waals surface area contributed by atoms with E-state index in [1.807, 2.05) is 66.7 Å². The molecule has 0 radical (unpaired) electrons. The van der Waals surface area contributed by atoms with Crippen LogP contribution >= 0.6 is 0 Å². The summed E-state index contributed by atoms with van der Waals surface area (Å²) in [5.41, 5.74) is 5.49. The second kappa shape index (κ2) is 13.1. The van der Waals surface area contributed by atoms with E-state index >= 15 is 0 Å². The summed E-state index contributed by atoms with van der Waals surface area (Å²) in [7, 11) is 1.57. The van der Waals surface area contributed by atoms with Crippen molar-refractivity contribution in [3.05, 3.63) is 107 Å². The van der Waals surface area contributed by atoms with Crippen molar-refractivity contribution in [3.63, 3.8) is 0 Å². The lowest BCUT2D eigenvalue weighted by molar-refractivity contribution is -0.321. The molecule has 0 spiro atoms. The van der Waals surface area contributed by atoms with Gasteiger partial charge in [-0.2, -0.15) is 0 Å². The van der Waals surface area contributed by atoms with Gasteiger partial charge in [0.25, 0.3) is 0 Å². The van der Waals surface area contributed by atoms with Crippen LogP contribution in [0.1, 0.15) is 27.8 Å². The minimum Gasteiger partial charge on any atom is -0.394 e. The highest BCUT2D eigenvalue weighted by Crippen LogP contribution is 2.31. The van der Waals surface area contributed by atoms with Crippen molar-refractivity contribution >= 4 is 0 Å². The van der Waals surface area contributed by atoms with E-state index in [0.29, 0.717) is 19.8 Å². The minimum absolute atomic E-state index is 0.228. The molecule has 3 aromatic carbocycles. The minimum atomic E-state index is -0.716. The van der Waals surface area contributed by atoms with E-state index in [2.05, 4.69) is 26.0 Å². The molecule has 6 nitrogen and oxygen atoms in total. The number of hydrogen-bond donors (Lipinski definition) is 1. The van der Waals surface area contributed by atoms with Gasteiger partial charge in [0, 0.05) is 7.11 Å². The van der Waals surface area contributed by atoms with Crippen molar-refractivity contribution in [2.24, 2.45) is 0 Å². The summed E-state index contributed by atoms with van der Waals surface area (Å²) in [6.45, 7) is 5.03. The first-order valence-electron chi connectivity index (χ1n) is 12.4. The fourth-order valence-electron chi connectivity index (χ4n) is 4.57. The van der Waals surface area contributed by atoms with Crippen LogP contribution in [-0.2, 0) is 43.5 Å². The molecule has 0 bridgehead atoms. The lowest BCUT2D eigenvalue weighted by atomic mass is 9.97. The molecule has 1 saturated heterocycles. The Bertz CT molecular complexity index is 1040. The molecule has 3 aromatic rings. The largest absolute Gasteiger partial charge is 0.394 e. The Morgan fingerprint density at radius 3 is 1.72 bits per heavy atom. The molecule has 1 aliphatic heterocycles. The Labute approximate surface area is 213 Å². The first-order chi connectivity index (χ1) is 17.6. The summed E-state index contributed by atoms with van der Waals surface area (Å²) in [6, 6.07) is 26.1. The van der Waals surface area contributed by atoms with Crippen LogP contribution in [0.25, 0.3) is 0 Å². The standard InChI is InChI=1S/C30H36O6/c1-21-11-10-12-22(2)25(21)20-35-27-26(17-31)36-30(32-3)29(34-19-24-15-8-5-9-16-24)28(27)33-18-23-13-6-4-7-14-23/h4-16,26-31H,17-20H2,1-3H3/t26-,27-,28+,29+,30+/m1/s1. The molecule has 1 aliphatic rings. The van der Waals surface area contributed by atoms with Crippen molar-refractivity contribution in [3.8, 4) is 0 Å². The average Bonchev–Trinajstić information content (AvgIpc) is 2.91. The van der Waals surface area contributed by atoms with Gasteiger partial charge in [-0.1, -0.05) is 78.9 Å². The summed E-state index contributed by atoms with van der Waals surface area (Å²) in [4.78, 5) is 0. The highest BCUT2D eigenvalue weighted by Gasteiger charge is 2.48. The van der Waals surface area contributed by atoms with Gasteiger partial charge in [-0.15, -0.1) is 0 Å². The first kappa shape index (κ1) is 26.5. The predicted octanol–water partition coefficient (Wildman–Crippen LogP) is 4.72. The van der Waals surface area contributed by atoms with Gasteiger partial charge in [-0.3, -0.25) is 0 Å². The van der Waals surface area contributed by atoms with Crippen molar-refractivity contribution in [2.45, 2.75) is 64.4 Å². The molecule has 1 fully saturated rings. The SMILES string of the molecule is CO[C@H]1O[C@H](CO)[C@@H](OCc2c(C)cccc2C)[C@H](OCc2ccccc2)[C@@H]1OCc1ccccc1. The van der Waals surface area contributed by atoms with Gasteiger partial charge in [0.2, 0.25) is 0 Å². The number of rotatable bonds is 11. The zero-order chi connectivity index (χ0) is 25.3. The fourth-order valence-corrected chi connectivity index (χ4v) is 4.57. The predicted molar refractivity (Wildman–Crippen MR) is 137 cm³/mol. The van der Waals surface area contributed by atoms with E-state index in [1.54, 1.807) is 7.11 Å². The smallest absolute Gasteiger partial charge is 0.186 e. The second-order valence-electron chi connectivity index (χ2n) is 9.13. The summed E-state index contributed by atoms with van der Waals surface area (Å²) >= 11 is 0. The number of aryl methyl sites for hydroxylation is 2. The molecule has 1 heterocycles. The zero-order valence-electron chi connectivity index (χ0n) is 21.2. The average molecular weight is 493 g/mol. The van der Waals surface area contributed by atoms with Crippen molar-refractivity contribution in [1.82, 2.24) is 0 Å². The van der Waals surface area contributed by atoms with Crippen molar-refractivity contribution in [1.29, 1.82) is 0 Å². The second-order valence-corrected chi connectivity index (χ2v) is 9.13. The normalized spacial score (nSPS) is 24.1. The molecule has 0 saturated carbocycles. The van der Waals surface area contributed by atoms with Crippen LogP contribution in [0.15, 0.2) is 78.9 Å². The third kappa shape index (κ3) is 6.59. The van der Waals surface area contributed by atoms with Gasteiger partial charge < -0.3 is 28.8 Å². The van der Waals surface area contributed by atoms with Gasteiger partial charge in [-0.25, -0.2) is 0 Å². The number of ether oxygens (including phenoxy) is 5. The van der Waals surface area contributed by atoms with Crippen LogP contribution in [0.3, 0.4) is 0 Å². The molecule has 36 heavy (non-hydrogen) atoms. The lowest BCUT2D eigenvalue weighted by Gasteiger charge is -2.45. The summed E-state index contributed by atoms with van der Waals surface area (Å²) in [5.74, 6) is 0. The van der Waals surface area contributed by atoms with Crippen LogP contribution in [0.2, 0.25) is 0 Å². The van der Waals surface area contributed by atoms with Crippen LogP contribution in [-0.4, -0.2) is 49.5 Å². The molecule has 1 N–H and O–H groups in total. The van der Waals surface area contributed by atoms with E-state index < -0.39 is 30.7 Å². The summed E-state index contributed by atoms with van der Waals surface area (Å²) in [6.07, 6.45) is -3.01. The maximum Gasteiger partial charge on any atom is 0.186 e. The maximum absolute atomic E-state index is 10.2. The third-order valence-corrected chi connectivity index (χ3v) is 6.64. The van der Waals surface area contributed by atoms with Crippen molar-refractivity contribution < 1.29 is 28.8 Å². The summed E-state index contributed by atoms with van der Waals surface area (Å²) < 4.78 is 31.1. The van der Waals surface area contributed by atoms with Gasteiger partial charge in [0.15, 0.2) is 6.29 Å². The molecular formula is C30H36O6. The Morgan fingerprint density at radius 1 is 0.667 bits per heavy atom. The van der Waals surface area contributed by atoms with Gasteiger partial charge in [-0.05, 0) is 41.7 Å². The van der Waals surface area contributed by atoms with E-state index in [4.69, 9.17) is 23.7 Å². The quantitative estimate of drug-likeness (QED) is 0.418. The van der Waals surface area contributed by atoms with Crippen LogP contribution in [0.5, 0.6) is 0 Å². The van der Waals surface area contributed by atoms with E-state index in [1.165, 1.54) is 0 Å². The molecular weight excluding hydrogens is 456 g/mol. The molecule has 192 valence electrons. The Hall–Kier alpha value is -2.58. The maximum atomic E-state index is 10.2. The van der Waals surface area contributed by atoms with E-state index in [-0.39, 0.29) is 6.61 Å². The number of methoxy groups -OCH3 is 1. The Kier molecular flexibility index (Phi) is 9.64. The van der Waals surface area contributed by atoms with E-state index in [9.17, 15) is 5.11 Å². The highest BCUT2D eigenvalue weighted by atomic mass is 16.7. The number of hydrogen-bond acceptors (Lipinski definition) is 6.